The van der Waals surface area contributed by atoms with E-state index in [1.165, 1.54) is 10.9 Å². The van der Waals surface area contributed by atoms with E-state index < -0.39 is 54.0 Å². The number of anilines is 1. The summed E-state index contributed by atoms with van der Waals surface area (Å²) in [5.41, 5.74) is 6.04. The van der Waals surface area contributed by atoms with E-state index in [9.17, 15) is 23.5 Å². The summed E-state index contributed by atoms with van der Waals surface area (Å²) in [5, 5.41) is 10.1. The van der Waals surface area contributed by atoms with Gasteiger partial charge in [-0.2, -0.15) is 4.31 Å². The predicted molar refractivity (Wildman–Crippen MR) is 100 cm³/mol. The van der Waals surface area contributed by atoms with E-state index in [4.69, 9.17) is 24.8 Å². The number of nitrogens with zero attached hydrogens (tertiary/aromatic N) is 4. The molecule has 20 heteroatoms. The molecule has 6 N–H and O–H groups in total. The van der Waals surface area contributed by atoms with Gasteiger partial charge in [-0.25, -0.2) is 32.8 Å². The molecule has 1 aliphatic heterocycles. The van der Waals surface area contributed by atoms with Crippen molar-refractivity contribution in [3.63, 3.8) is 0 Å². The van der Waals surface area contributed by atoms with E-state index in [0.29, 0.717) is 0 Å². The van der Waals surface area contributed by atoms with Crippen LogP contribution in [0.2, 0.25) is 0 Å². The van der Waals surface area contributed by atoms with Crippen molar-refractivity contribution < 1.29 is 51.2 Å². The van der Waals surface area contributed by atoms with Gasteiger partial charge in [0.15, 0.2) is 31.0 Å². The highest BCUT2D eigenvalue weighted by Gasteiger charge is 2.46. The Hall–Kier alpha value is -0.930. The fourth-order valence-corrected chi connectivity index (χ4v) is 6.37. The minimum absolute atomic E-state index is 0.0639. The largest absolute Gasteiger partial charge is 0.486 e. The number of aliphatic hydroxyl groups excluding tert-OH is 1. The van der Waals surface area contributed by atoms with Crippen LogP contribution in [0.5, 0.6) is 0 Å². The van der Waals surface area contributed by atoms with Crippen molar-refractivity contribution in [2.75, 3.05) is 12.3 Å². The summed E-state index contributed by atoms with van der Waals surface area (Å²) in [6.45, 7) is -0.560. The Balaban J connectivity index is 1.64. The van der Waals surface area contributed by atoms with E-state index in [-0.39, 0.29) is 17.0 Å². The van der Waals surface area contributed by atoms with Crippen molar-refractivity contribution in [3.05, 3.63) is 12.7 Å². The van der Waals surface area contributed by atoms with Gasteiger partial charge >= 0.3 is 15.6 Å². The lowest BCUT2D eigenvalue weighted by Gasteiger charge is -2.17. The Morgan fingerprint density at radius 1 is 1.33 bits per heavy atom. The zero-order chi connectivity index (χ0) is 22.3. The molecule has 2 aromatic rings. The standard InChI is InChI=1S/C10H15FN5O10P3S/c11-5-7(17)4(1-23-27(30)25-29(21,22)26-28(18,19)20)24-10(5)16-3-15-6-8(12)13-2-14-9(6)16/h2-5,7,10,17,27H,1H2,(H,21,22)(H2,12,13,14)(H2,18,19,20)/t4-,5+,7+,10-/m1/s1. The van der Waals surface area contributed by atoms with E-state index >= 15 is 0 Å². The first kappa shape index (κ1) is 23.7. The predicted octanol–water partition coefficient (Wildman–Crippen LogP) is -0.246. The summed E-state index contributed by atoms with van der Waals surface area (Å²) in [5.74, 6) is 0.0639. The third-order valence-electron chi connectivity index (χ3n) is 3.72. The molecule has 1 saturated heterocycles. The molecule has 1 aliphatic rings. The molecule has 3 rings (SSSR count). The van der Waals surface area contributed by atoms with Crippen LogP contribution in [0.4, 0.5) is 10.2 Å². The molecule has 15 nitrogen and oxygen atoms in total. The molecule has 0 aliphatic carbocycles. The molecular formula is C10H15FN5O10P3S. The molecule has 2 unspecified atom stereocenters. The van der Waals surface area contributed by atoms with Gasteiger partial charge in [0.25, 0.3) is 0 Å². The number of hydrogen-bond acceptors (Lipinski definition) is 12. The van der Waals surface area contributed by atoms with E-state index in [0.717, 1.165) is 6.33 Å². The maximum absolute atomic E-state index is 14.6. The molecule has 0 bridgehead atoms. The van der Waals surface area contributed by atoms with E-state index in [1.807, 2.05) is 0 Å². The molecule has 0 radical (unpaired) electrons. The van der Waals surface area contributed by atoms with Crippen LogP contribution in [0.1, 0.15) is 6.23 Å². The number of rotatable bonds is 8. The number of imidazole rings is 1. The number of nitrogens with two attached hydrogens (primary N) is 1. The Labute approximate surface area is 172 Å². The number of halogens is 1. The number of aromatic nitrogens is 4. The molecule has 1 fully saturated rings. The van der Waals surface area contributed by atoms with Crippen LogP contribution >= 0.6 is 22.8 Å². The van der Waals surface area contributed by atoms with Gasteiger partial charge in [-0.05, 0) is 11.8 Å². The van der Waals surface area contributed by atoms with Gasteiger partial charge in [0.1, 0.15) is 24.1 Å². The van der Waals surface area contributed by atoms with Gasteiger partial charge in [-0.15, -0.1) is 0 Å². The highest BCUT2D eigenvalue weighted by molar-refractivity contribution is 8.02. The van der Waals surface area contributed by atoms with Crippen LogP contribution in [0.25, 0.3) is 11.2 Å². The summed E-state index contributed by atoms with van der Waals surface area (Å²) in [4.78, 5) is 38.0. The SMILES string of the molecule is Nc1ncnc2c1ncn2[C@@H]1O[C@H](CO[PH](=S)OP(=O)(O)OP(=O)(O)O)[C@H](O)[C@@H]1F. The van der Waals surface area contributed by atoms with Crippen LogP contribution in [-0.2, 0) is 38.8 Å². The topological polar surface area (TPSA) is 222 Å². The second kappa shape index (κ2) is 8.90. The summed E-state index contributed by atoms with van der Waals surface area (Å²) in [6, 6.07) is 0. The quantitative estimate of drug-likeness (QED) is 0.290. The van der Waals surface area contributed by atoms with Crippen molar-refractivity contribution in [1.29, 1.82) is 0 Å². The third-order valence-corrected chi connectivity index (χ3v) is 8.34. The summed E-state index contributed by atoms with van der Waals surface area (Å²) < 4.78 is 56.2. The molecular weight excluding hydrogens is 494 g/mol. The normalized spacial score (nSPS) is 27.9. The second-order valence-electron chi connectivity index (χ2n) is 5.78. The third kappa shape index (κ3) is 5.46. The van der Waals surface area contributed by atoms with Crippen molar-refractivity contribution in [2.45, 2.75) is 24.6 Å². The minimum Gasteiger partial charge on any atom is -0.387 e. The van der Waals surface area contributed by atoms with E-state index in [1.54, 1.807) is 0 Å². The van der Waals surface area contributed by atoms with Gasteiger partial charge in [0.05, 0.1) is 12.9 Å². The summed E-state index contributed by atoms with van der Waals surface area (Å²) >= 11 is 4.68. The number of alkyl halides is 1. The van der Waals surface area contributed by atoms with Crippen LogP contribution in [-0.4, -0.2) is 64.3 Å². The molecule has 0 spiro atoms. The maximum Gasteiger partial charge on any atom is 0.486 e. The first-order valence-corrected chi connectivity index (χ1v) is 13.2. The molecule has 2 aromatic heterocycles. The van der Waals surface area contributed by atoms with Crippen molar-refractivity contribution >= 4 is 51.6 Å². The lowest BCUT2D eigenvalue weighted by molar-refractivity contribution is -0.0403. The molecule has 168 valence electrons. The minimum atomic E-state index is -5.33. The average Bonchev–Trinajstić information content (AvgIpc) is 3.14. The second-order valence-corrected chi connectivity index (χ2v) is 10.9. The molecule has 3 heterocycles. The summed E-state index contributed by atoms with van der Waals surface area (Å²) in [7, 11) is -13.6. The van der Waals surface area contributed by atoms with Gasteiger partial charge in [-0.3, -0.25) is 4.57 Å². The van der Waals surface area contributed by atoms with Gasteiger partial charge in [-0.1, -0.05) is 0 Å². The zero-order valence-corrected chi connectivity index (χ0v) is 18.1. The summed E-state index contributed by atoms with van der Waals surface area (Å²) in [6.07, 6.45) is -3.88. The van der Waals surface area contributed by atoms with E-state index in [2.05, 4.69) is 35.4 Å². The van der Waals surface area contributed by atoms with Crippen molar-refractivity contribution in [2.24, 2.45) is 0 Å². The first-order chi connectivity index (χ1) is 13.9. The Morgan fingerprint density at radius 3 is 2.70 bits per heavy atom. The molecule has 0 amide bonds. The van der Waals surface area contributed by atoms with Crippen LogP contribution < -0.4 is 5.73 Å². The van der Waals surface area contributed by atoms with Crippen molar-refractivity contribution in [3.8, 4) is 0 Å². The molecule has 6 atom stereocenters. The fraction of sp³-hybridized carbons (Fsp3) is 0.500. The number of hydrogen-bond donors (Lipinski definition) is 5. The van der Waals surface area contributed by atoms with Crippen LogP contribution in [0.3, 0.4) is 0 Å². The highest BCUT2D eigenvalue weighted by atomic mass is 32.4. The zero-order valence-electron chi connectivity index (χ0n) is 14.5. The fourth-order valence-electron chi connectivity index (χ4n) is 2.54. The number of ether oxygens (including phenoxy) is 1. The molecule has 30 heavy (non-hydrogen) atoms. The van der Waals surface area contributed by atoms with Gasteiger partial charge in [0.2, 0.25) is 0 Å². The number of fused-ring (bicyclic) bond motifs is 1. The lowest BCUT2D eigenvalue weighted by atomic mass is 10.1. The van der Waals surface area contributed by atoms with Gasteiger partial charge in [0, 0.05) is 0 Å². The maximum atomic E-state index is 14.6. The smallest absolute Gasteiger partial charge is 0.387 e. The Kier molecular flexibility index (Phi) is 7.04. The van der Waals surface area contributed by atoms with Crippen LogP contribution in [0, 0.1) is 0 Å². The first-order valence-electron chi connectivity index (χ1n) is 7.74. The lowest BCUT2D eigenvalue weighted by Crippen LogP contribution is -2.31. The highest BCUT2D eigenvalue weighted by Crippen LogP contribution is 2.62. The molecule has 0 saturated carbocycles. The monoisotopic (exact) mass is 509 g/mol. The number of aliphatic hydroxyl groups is 1. The molecule has 0 aromatic carbocycles. The Morgan fingerprint density at radius 2 is 2.03 bits per heavy atom. The Bertz CT molecular complexity index is 1050. The van der Waals surface area contributed by atoms with Crippen LogP contribution in [0.15, 0.2) is 12.7 Å². The number of phosphoric acid groups is 2. The van der Waals surface area contributed by atoms with Crippen molar-refractivity contribution in [1.82, 2.24) is 19.5 Å². The average molecular weight is 509 g/mol. The number of nitrogen functional groups attached to an aromatic ring is 1. The van der Waals surface area contributed by atoms with Gasteiger partial charge < -0.3 is 34.8 Å².